The fraction of sp³-hybridized carbons (Fsp3) is 1.00. The van der Waals surface area contributed by atoms with Crippen molar-refractivity contribution in [2.75, 3.05) is 0 Å². The zero-order valence-electron chi connectivity index (χ0n) is 14.2. The van der Waals surface area contributed by atoms with Crippen LogP contribution in [0.3, 0.4) is 0 Å². The molecule has 0 radical (unpaired) electrons. The summed E-state index contributed by atoms with van der Waals surface area (Å²) in [6.45, 7) is 2.21. The Morgan fingerprint density at radius 1 is 0.783 bits per heavy atom. The highest BCUT2D eigenvalue weighted by atomic mass is 32.2. The molecule has 0 saturated heterocycles. The van der Waals surface area contributed by atoms with E-state index < -0.39 is 22.7 Å². The van der Waals surface area contributed by atoms with Gasteiger partial charge in [-0.25, -0.2) is 0 Å². The Hall–Kier alpha value is 0.0600. The van der Waals surface area contributed by atoms with Gasteiger partial charge in [0.05, 0.1) is 0 Å². The SMILES string of the molecule is CCCCCCCCCCCCCCC(P(=O)(O)O)S(=O)(=O)O. The molecule has 0 aliphatic rings. The van der Waals surface area contributed by atoms with Crippen LogP contribution in [0, 0.1) is 0 Å². The van der Waals surface area contributed by atoms with Crippen molar-refractivity contribution in [1.29, 1.82) is 0 Å². The molecule has 0 aromatic carbocycles. The van der Waals surface area contributed by atoms with E-state index in [1.807, 2.05) is 0 Å². The number of rotatable bonds is 15. The molecule has 0 fully saturated rings. The second kappa shape index (κ2) is 12.4. The van der Waals surface area contributed by atoms with E-state index >= 15 is 0 Å². The Morgan fingerprint density at radius 2 is 1.13 bits per heavy atom. The van der Waals surface area contributed by atoms with Crippen molar-refractivity contribution in [2.45, 2.75) is 95.4 Å². The molecule has 0 aromatic heterocycles. The molecule has 0 aromatic rings. The topological polar surface area (TPSA) is 112 Å². The van der Waals surface area contributed by atoms with Crippen LogP contribution in [0.5, 0.6) is 0 Å². The molecule has 3 N–H and O–H groups in total. The first kappa shape index (κ1) is 23.1. The normalized spacial score (nSPS) is 14.1. The zero-order valence-corrected chi connectivity index (χ0v) is 15.9. The smallest absolute Gasteiger partial charge is 0.323 e. The monoisotopic (exact) mass is 372 g/mol. The van der Waals surface area contributed by atoms with Crippen LogP contribution in [0.15, 0.2) is 0 Å². The Bertz CT molecular complexity index is 431. The molecule has 6 nitrogen and oxygen atoms in total. The average Bonchev–Trinajstić information content (AvgIpc) is 2.41. The molecule has 0 aliphatic carbocycles. The summed E-state index contributed by atoms with van der Waals surface area (Å²) in [6.07, 6.45) is 13.0. The summed E-state index contributed by atoms with van der Waals surface area (Å²) in [5, 5.41) is 0. The predicted octanol–water partition coefficient (Wildman–Crippen LogP) is 4.47. The van der Waals surface area contributed by atoms with E-state index in [0.29, 0.717) is 6.42 Å². The van der Waals surface area contributed by atoms with Crippen molar-refractivity contribution in [3.8, 4) is 0 Å². The van der Waals surface area contributed by atoms with E-state index in [4.69, 9.17) is 14.3 Å². The van der Waals surface area contributed by atoms with Gasteiger partial charge in [-0.3, -0.25) is 9.12 Å². The van der Waals surface area contributed by atoms with Crippen molar-refractivity contribution in [3.05, 3.63) is 0 Å². The second-order valence-electron chi connectivity index (χ2n) is 6.24. The summed E-state index contributed by atoms with van der Waals surface area (Å²) >= 11 is 0. The van der Waals surface area contributed by atoms with Gasteiger partial charge >= 0.3 is 7.60 Å². The molecular weight excluding hydrogens is 339 g/mol. The molecule has 140 valence electrons. The third-order valence-electron chi connectivity index (χ3n) is 4.02. The van der Waals surface area contributed by atoms with Crippen molar-refractivity contribution in [2.24, 2.45) is 0 Å². The molecule has 0 heterocycles. The lowest BCUT2D eigenvalue weighted by Gasteiger charge is -2.14. The maximum Gasteiger partial charge on any atom is 0.346 e. The van der Waals surface area contributed by atoms with Gasteiger partial charge in [0.1, 0.15) is 0 Å². The van der Waals surface area contributed by atoms with E-state index in [2.05, 4.69) is 6.92 Å². The number of hydrogen-bond donors (Lipinski definition) is 3. The van der Waals surface area contributed by atoms with Crippen molar-refractivity contribution in [1.82, 2.24) is 0 Å². The fourth-order valence-electron chi connectivity index (χ4n) is 2.65. The minimum atomic E-state index is -4.82. The van der Waals surface area contributed by atoms with Crippen LogP contribution >= 0.6 is 7.60 Å². The van der Waals surface area contributed by atoms with Crippen molar-refractivity contribution >= 4 is 17.7 Å². The van der Waals surface area contributed by atoms with Crippen molar-refractivity contribution < 1.29 is 27.3 Å². The fourth-order valence-corrected chi connectivity index (χ4v) is 5.02. The molecule has 0 bridgehead atoms. The third kappa shape index (κ3) is 13.1. The van der Waals surface area contributed by atoms with Crippen LogP contribution in [0.25, 0.3) is 0 Å². The van der Waals surface area contributed by atoms with Crippen LogP contribution in [-0.4, -0.2) is 27.7 Å². The summed E-state index contributed by atoms with van der Waals surface area (Å²) in [6, 6.07) is 0. The second-order valence-corrected chi connectivity index (χ2v) is 9.99. The van der Waals surface area contributed by atoms with Crippen LogP contribution in [0.4, 0.5) is 0 Å². The molecule has 1 atom stereocenters. The molecule has 1 unspecified atom stereocenters. The molecule has 0 rings (SSSR count). The van der Waals surface area contributed by atoms with Gasteiger partial charge in [-0.2, -0.15) is 8.42 Å². The lowest BCUT2D eigenvalue weighted by molar-refractivity contribution is 0.359. The largest absolute Gasteiger partial charge is 0.346 e. The minimum absolute atomic E-state index is 0.194. The average molecular weight is 372 g/mol. The van der Waals surface area contributed by atoms with Gasteiger partial charge in [-0.15, -0.1) is 0 Å². The maximum atomic E-state index is 11.1. The Labute approximate surface area is 141 Å². The summed E-state index contributed by atoms with van der Waals surface area (Å²) < 4.78 is 41.9. The first-order valence-electron chi connectivity index (χ1n) is 8.71. The first-order valence-corrected chi connectivity index (χ1v) is 11.9. The lowest BCUT2D eigenvalue weighted by atomic mass is 10.0. The molecule has 23 heavy (non-hydrogen) atoms. The highest BCUT2D eigenvalue weighted by Gasteiger charge is 2.38. The standard InChI is InChI=1S/C15H33O6PS/c1-2-3-4-5-6-7-8-9-10-11-12-13-14-15(22(16,17)18)23(19,20)21/h15H,2-14H2,1H3,(H2,16,17,18)(H,19,20,21). The van der Waals surface area contributed by atoms with Crippen LogP contribution in [0.2, 0.25) is 0 Å². The van der Waals surface area contributed by atoms with E-state index in [1.165, 1.54) is 44.9 Å². The van der Waals surface area contributed by atoms with E-state index in [0.717, 1.165) is 25.7 Å². The van der Waals surface area contributed by atoms with Crippen LogP contribution in [-0.2, 0) is 14.7 Å². The lowest BCUT2D eigenvalue weighted by Crippen LogP contribution is -2.20. The Morgan fingerprint density at radius 3 is 1.43 bits per heavy atom. The van der Waals surface area contributed by atoms with E-state index in [9.17, 15) is 13.0 Å². The molecule has 0 amide bonds. The highest BCUT2D eigenvalue weighted by molar-refractivity contribution is 7.93. The summed E-state index contributed by atoms with van der Waals surface area (Å²) in [5.74, 6) is 0. The van der Waals surface area contributed by atoms with Gasteiger partial charge in [0.25, 0.3) is 10.1 Å². The molecular formula is C15H33O6PS. The van der Waals surface area contributed by atoms with Gasteiger partial charge in [-0.1, -0.05) is 84.0 Å². The van der Waals surface area contributed by atoms with E-state index in [1.54, 1.807) is 0 Å². The van der Waals surface area contributed by atoms with Crippen molar-refractivity contribution in [3.63, 3.8) is 0 Å². The molecule has 0 aliphatic heterocycles. The predicted molar refractivity (Wildman–Crippen MR) is 93.1 cm³/mol. The quantitative estimate of drug-likeness (QED) is 0.222. The van der Waals surface area contributed by atoms with Gasteiger partial charge in [-0.05, 0) is 6.42 Å². The third-order valence-corrected chi connectivity index (χ3v) is 7.58. The maximum absolute atomic E-state index is 11.1. The molecule has 8 heteroatoms. The number of unbranched alkanes of at least 4 members (excludes halogenated alkanes) is 11. The molecule has 0 spiro atoms. The highest BCUT2D eigenvalue weighted by Crippen LogP contribution is 2.46. The molecule has 0 saturated carbocycles. The summed E-state index contributed by atoms with van der Waals surface area (Å²) in [7, 11) is -9.52. The van der Waals surface area contributed by atoms with Crippen LogP contribution in [0.1, 0.15) is 90.4 Å². The first-order chi connectivity index (χ1) is 10.7. The van der Waals surface area contributed by atoms with Gasteiger partial charge in [0.15, 0.2) is 4.99 Å². The Kier molecular flexibility index (Phi) is 12.5. The zero-order chi connectivity index (χ0) is 17.8. The summed E-state index contributed by atoms with van der Waals surface area (Å²) in [5.41, 5.74) is 0. The minimum Gasteiger partial charge on any atom is -0.323 e. The van der Waals surface area contributed by atoms with Gasteiger partial charge < -0.3 is 9.79 Å². The van der Waals surface area contributed by atoms with Crippen LogP contribution < -0.4 is 0 Å². The van der Waals surface area contributed by atoms with Gasteiger partial charge in [0.2, 0.25) is 0 Å². The van der Waals surface area contributed by atoms with E-state index in [-0.39, 0.29) is 6.42 Å². The summed E-state index contributed by atoms with van der Waals surface area (Å²) in [4.78, 5) is 16.0. The van der Waals surface area contributed by atoms with Gasteiger partial charge in [0, 0.05) is 0 Å². The number of hydrogen-bond acceptors (Lipinski definition) is 3. The Balaban J connectivity index is 3.60.